The number of anilines is 2. The van der Waals surface area contributed by atoms with Crippen molar-refractivity contribution in [1.82, 2.24) is 29.1 Å². The molecule has 12 atom stereocenters. The van der Waals surface area contributed by atoms with Crippen molar-refractivity contribution in [3.8, 4) is 0 Å². The average molecular weight is 1220 g/mol. The van der Waals surface area contributed by atoms with Crippen LogP contribution < -0.4 is 22.7 Å². The molecule has 0 aromatic carbocycles. The Morgan fingerprint density at radius 2 is 1.39 bits per heavy atom. The highest BCUT2D eigenvalue weighted by molar-refractivity contribution is 7.48. The second kappa shape index (κ2) is 25.6. The van der Waals surface area contributed by atoms with Gasteiger partial charge >= 0.3 is 45.6 Å². The standard InChI is InChI=1S/C45H66F2N8O25P2/c1-23(2)77-39(61)69-21-75-81(64,71-16-43(15-66-10)30(56)27(46)33(79-43)54-14-12-26(48)51-38(54)60)76-22-70-40(62)78-24(3)11-13-42(8,9)36(59)68-20-74-82(65,73-19-67-35(58)41(5,6)7)72-17-44-25(4)45(44,63)29(47)34(80-44)55-18-50-28-31(55)52-37(49)53-32(28)57/h12,14,18,23-25,27,29-30,33-34,56,63H,11,13,15-17,19-22H2,1-10H3,(H2,48,51,60)(H3,49,52,53,57). The van der Waals surface area contributed by atoms with Crippen LogP contribution in [0.4, 0.5) is 30.1 Å². The SMILES string of the molecule is COCC1(COP(=O)(OCOC(=O)OC(C)C)OCOC(=O)OC(C)CCC(C)(C)C(=O)OCOP(=O)(OCOC(=O)C(C)(C)C)OCC23OC(n4cnc5c(=O)[nH]c(N)nc54)C(F)C2(O)C3C)OC(n2ccc(N)nc2=O)C(F)C1O. The molecular formula is C45H66F2N8O25P2. The van der Waals surface area contributed by atoms with Crippen molar-refractivity contribution >= 4 is 62.8 Å². The quantitative estimate of drug-likeness (QED) is 0.0301. The molecule has 37 heteroatoms. The molecule has 5 heterocycles. The van der Waals surface area contributed by atoms with E-state index in [-0.39, 0.29) is 35.8 Å². The topological polar surface area (TPSA) is 432 Å². The number of aromatic nitrogens is 6. The first-order valence-corrected chi connectivity index (χ1v) is 27.8. The smallest absolute Gasteiger partial charge is 0.437 e. The molecule has 3 aliphatic rings. The van der Waals surface area contributed by atoms with Crippen LogP contribution in [0.2, 0.25) is 0 Å². The molecule has 2 aliphatic heterocycles. The monoisotopic (exact) mass is 1220 g/mol. The summed E-state index contributed by atoms with van der Waals surface area (Å²) in [6.07, 6.45) is -12.5. The van der Waals surface area contributed by atoms with E-state index in [1.165, 1.54) is 62.3 Å². The maximum Gasteiger partial charge on any atom is 0.510 e. The van der Waals surface area contributed by atoms with Crippen molar-refractivity contribution in [2.75, 3.05) is 65.6 Å². The van der Waals surface area contributed by atoms with Crippen LogP contribution in [-0.2, 0) is 88.5 Å². The highest BCUT2D eigenvalue weighted by Gasteiger charge is 2.86. The van der Waals surface area contributed by atoms with Gasteiger partial charge in [-0.1, -0.05) is 6.92 Å². The van der Waals surface area contributed by atoms with Crippen molar-refractivity contribution in [3.05, 3.63) is 39.4 Å². The van der Waals surface area contributed by atoms with Crippen LogP contribution >= 0.6 is 15.6 Å². The number of esters is 2. The minimum atomic E-state index is -5.09. The predicted octanol–water partition coefficient (Wildman–Crippen LogP) is 3.33. The Kier molecular flexibility index (Phi) is 20.4. The number of phosphoric acid groups is 2. The van der Waals surface area contributed by atoms with Crippen LogP contribution in [0.15, 0.2) is 28.2 Å². The Labute approximate surface area is 464 Å². The van der Waals surface area contributed by atoms with Gasteiger partial charge in [-0.25, -0.2) is 55.4 Å². The number of hydrogen-bond donors (Lipinski definition) is 5. The number of nitrogens with one attached hydrogen (secondary N) is 1. The lowest BCUT2D eigenvalue weighted by molar-refractivity contribution is -0.165. The molecule has 1 aliphatic carbocycles. The van der Waals surface area contributed by atoms with Gasteiger partial charge in [-0.3, -0.25) is 37.5 Å². The molecule has 1 saturated carbocycles. The van der Waals surface area contributed by atoms with E-state index in [9.17, 15) is 48.1 Å². The second-order valence-electron chi connectivity index (χ2n) is 20.9. The van der Waals surface area contributed by atoms with Crippen molar-refractivity contribution in [2.45, 2.75) is 135 Å². The fourth-order valence-electron chi connectivity index (χ4n) is 8.37. The van der Waals surface area contributed by atoms with E-state index in [4.69, 9.17) is 81.2 Å². The number of phosphoric ester groups is 2. The lowest BCUT2D eigenvalue weighted by Crippen LogP contribution is -2.49. The van der Waals surface area contributed by atoms with Crippen LogP contribution in [0, 0.1) is 16.7 Å². The first-order chi connectivity index (χ1) is 38.2. The van der Waals surface area contributed by atoms with Gasteiger partial charge in [-0.15, -0.1) is 0 Å². The van der Waals surface area contributed by atoms with E-state index in [2.05, 4.69) is 19.9 Å². The molecule has 12 unspecified atom stereocenters. The summed E-state index contributed by atoms with van der Waals surface area (Å²) in [5.74, 6) is -3.25. The number of methoxy groups -OCH3 is 1. The van der Waals surface area contributed by atoms with E-state index < -0.39 is 175 Å². The Balaban J connectivity index is 1.02. The van der Waals surface area contributed by atoms with E-state index >= 15 is 8.78 Å². The molecule has 3 aromatic rings. The van der Waals surface area contributed by atoms with E-state index in [1.54, 1.807) is 0 Å². The van der Waals surface area contributed by atoms with Gasteiger partial charge in [0.15, 0.2) is 36.0 Å². The number of imidazole rings is 1. The lowest BCUT2D eigenvalue weighted by atomic mass is 9.87. The summed E-state index contributed by atoms with van der Waals surface area (Å²) < 4.78 is 140. The van der Waals surface area contributed by atoms with Gasteiger partial charge in [-0.05, 0) is 74.3 Å². The Morgan fingerprint density at radius 3 is 1.96 bits per heavy atom. The van der Waals surface area contributed by atoms with Crippen molar-refractivity contribution in [1.29, 1.82) is 0 Å². The van der Waals surface area contributed by atoms with Gasteiger partial charge < -0.3 is 64.3 Å². The molecule has 82 heavy (non-hydrogen) atoms. The highest BCUT2D eigenvalue weighted by Crippen LogP contribution is 2.69. The molecule has 0 spiro atoms. The van der Waals surface area contributed by atoms with Gasteiger partial charge in [0.2, 0.25) is 33.1 Å². The maximum absolute atomic E-state index is 16.2. The van der Waals surface area contributed by atoms with Crippen molar-refractivity contribution < 1.29 is 117 Å². The van der Waals surface area contributed by atoms with Gasteiger partial charge in [0.25, 0.3) is 5.56 Å². The summed E-state index contributed by atoms with van der Waals surface area (Å²) in [5, 5.41) is 22.5. The van der Waals surface area contributed by atoms with Gasteiger partial charge in [-0.2, -0.15) is 9.97 Å². The molecule has 0 bridgehead atoms. The summed E-state index contributed by atoms with van der Waals surface area (Å²) in [7, 11) is -8.92. The number of carbonyl (C=O) groups is 4. The number of H-pyrrole nitrogens is 1. The zero-order valence-corrected chi connectivity index (χ0v) is 47.8. The normalized spacial score (nSPS) is 27.0. The number of fused-ring (bicyclic) bond motifs is 2. The Hall–Kier alpha value is -5.81. The highest BCUT2D eigenvalue weighted by atomic mass is 31.2. The first-order valence-electron chi connectivity index (χ1n) is 24.9. The van der Waals surface area contributed by atoms with Gasteiger partial charge in [0.1, 0.15) is 34.8 Å². The second-order valence-corrected chi connectivity index (χ2v) is 24.2. The van der Waals surface area contributed by atoms with Crippen molar-refractivity contribution in [3.63, 3.8) is 0 Å². The number of aromatic amines is 1. The van der Waals surface area contributed by atoms with Crippen LogP contribution in [-0.4, -0.2) is 165 Å². The number of nitrogen functional groups attached to an aromatic ring is 2. The van der Waals surface area contributed by atoms with Gasteiger partial charge in [0, 0.05) is 19.2 Å². The number of nitrogens with zero attached hydrogens (tertiary/aromatic N) is 5. The first kappa shape index (κ1) is 65.3. The third-order valence-corrected chi connectivity index (χ3v) is 15.7. The predicted molar refractivity (Wildman–Crippen MR) is 268 cm³/mol. The molecule has 6 rings (SSSR count). The zero-order valence-electron chi connectivity index (χ0n) is 46.0. The maximum atomic E-state index is 16.2. The number of ether oxygens (including phenoxy) is 9. The third kappa shape index (κ3) is 14.6. The number of rotatable bonds is 28. The fraction of sp³-hybridized carbons (Fsp3) is 0.711. The molecule has 0 radical (unpaired) electrons. The van der Waals surface area contributed by atoms with Crippen LogP contribution in [0.5, 0.6) is 0 Å². The summed E-state index contributed by atoms with van der Waals surface area (Å²) in [4.78, 5) is 89.3. The minimum absolute atomic E-state index is 0.0507. The molecule has 33 nitrogen and oxygen atoms in total. The number of aliphatic hydroxyl groups is 2. The molecule has 460 valence electrons. The lowest BCUT2D eigenvalue weighted by Gasteiger charge is -2.31. The minimum Gasteiger partial charge on any atom is -0.437 e. The number of halogens is 2. The van der Waals surface area contributed by atoms with Crippen molar-refractivity contribution in [2.24, 2.45) is 16.7 Å². The Morgan fingerprint density at radius 1 is 0.817 bits per heavy atom. The third-order valence-electron chi connectivity index (χ3n) is 13.1. The summed E-state index contributed by atoms with van der Waals surface area (Å²) >= 11 is 0. The van der Waals surface area contributed by atoms with E-state index in [0.29, 0.717) is 4.57 Å². The average Bonchev–Trinajstić information content (AvgIpc) is 1.51. The number of aliphatic hydroxyl groups excluding tert-OH is 1. The van der Waals surface area contributed by atoms with Crippen LogP contribution in [0.1, 0.15) is 87.6 Å². The largest absolute Gasteiger partial charge is 0.510 e. The molecular weight excluding hydrogens is 1150 g/mol. The summed E-state index contributed by atoms with van der Waals surface area (Å²) in [6, 6.07) is 1.16. The number of alkyl halides is 2. The van der Waals surface area contributed by atoms with Crippen LogP contribution in [0.3, 0.4) is 0 Å². The number of nitrogens with two attached hydrogens (primary N) is 2. The van der Waals surface area contributed by atoms with Crippen LogP contribution in [0.25, 0.3) is 11.2 Å². The van der Waals surface area contributed by atoms with Gasteiger partial charge in [0.05, 0.1) is 43.1 Å². The molecule has 0 amide bonds. The summed E-state index contributed by atoms with van der Waals surface area (Å²) in [5.41, 5.74) is 0.233. The Bertz CT molecular complexity index is 3020. The van der Waals surface area contributed by atoms with E-state index in [1.807, 2.05) is 0 Å². The van der Waals surface area contributed by atoms with E-state index in [0.717, 1.165) is 30.3 Å². The molecule has 3 fully saturated rings. The molecule has 2 saturated heterocycles. The number of carbonyl (C=O) groups excluding carboxylic acids is 4. The molecule has 3 aromatic heterocycles. The molecule has 7 N–H and O–H groups in total. The zero-order chi connectivity index (χ0) is 61.0. The summed E-state index contributed by atoms with van der Waals surface area (Å²) in [6.45, 7) is 6.21. The fourth-order valence-corrected chi connectivity index (χ4v) is 10.3. The number of hydrogen-bond acceptors (Lipinski definition) is 30.